The van der Waals surface area contributed by atoms with E-state index in [9.17, 15) is 0 Å². The Morgan fingerprint density at radius 2 is 1.15 bits per heavy atom. The first-order valence-electron chi connectivity index (χ1n) is 15.1. The number of unbranched alkanes of at least 4 members (excludes halogenated alkanes) is 6. The SMILES string of the molecule is CCCCCCCOC1CCC(C#CC2CCC(C#CC3CCC(CCCCC)CC3)S2)CC1. The van der Waals surface area contributed by atoms with Crippen molar-refractivity contribution in [2.75, 3.05) is 6.61 Å². The van der Waals surface area contributed by atoms with E-state index < -0.39 is 0 Å². The molecule has 0 bridgehead atoms. The smallest absolute Gasteiger partial charge is 0.0670 e. The van der Waals surface area contributed by atoms with Gasteiger partial charge in [0, 0.05) is 18.4 Å². The first-order valence-corrected chi connectivity index (χ1v) is 16.0. The maximum absolute atomic E-state index is 6.14. The van der Waals surface area contributed by atoms with E-state index >= 15 is 0 Å². The van der Waals surface area contributed by atoms with Crippen LogP contribution in [0.5, 0.6) is 0 Å². The van der Waals surface area contributed by atoms with Crippen LogP contribution < -0.4 is 0 Å². The molecular weight excluding hydrogens is 432 g/mol. The molecule has 0 aromatic carbocycles. The normalized spacial score (nSPS) is 31.4. The Bertz CT molecular complexity index is 648. The number of thioether (sulfide) groups is 1. The second-order valence-electron chi connectivity index (χ2n) is 11.2. The van der Waals surface area contributed by atoms with Gasteiger partial charge in [-0.3, -0.25) is 0 Å². The van der Waals surface area contributed by atoms with Gasteiger partial charge >= 0.3 is 0 Å². The summed E-state index contributed by atoms with van der Waals surface area (Å²) in [5.41, 5.74) is 0. The summed E-state index contributed by atoms with van der Waals surface area (Å²) in [6.07, 6.45) is 25.7. The van der Waals surface area contributed by atoms with Crippen LogP contribution in [0.4, 0.5) is 0 Å². The van der Waals surface area contributed by atoms with Gasteiger partial charge in [0.15, 0.2) is 0 Å². The quantitative estimate of drug-likeness (QED) is 0.213. The molecule has 2 aliphatic carbocycles. The fourth-order valence-corrected chi connectivity index (χ4v) is 7.09. The average molecular weight is 485 g/mol. The van der Waals surface area contributed by atoms with Crippen molar-refractivity contribution in [2.24, 2.45) is 17.8 Å². The van der Waals surface area contributed by atoms with Crippen molar-refractivity contribution >= 4 is 11.8 Å². The third kappa shape index (κ3) is 11.0. The molecule has 0 aromatic heterocycles. The second kappa shape index (κ2) is 17.0. The Morgan fingerprint density at radius 1 is 0.588 bits per heavy atom. The topological polar surface area (TPSA) is 9.23 Å². The van der Waals surface area contributed by atoms with Gasteiger partial charge in [-0.2, -0.15) is 0 Å². The molecule has 1 nitrogen and oxygen atoms in total. The van der Waals surface area contributed by atoms with Gasteiger partial charge in [0.2, 0.25) is 0 Å². The Labute approximate surface area is 216 Å². The first kappa shape index (κ1) is 28.0. The zero-order chi connectivity index (χ0) is 23.8. The molecule has 1 heterocycles. The first-order chi connectivity index (χ1) is 16.8. The van der Waals surface area contributed by atoms with Gasteiger partial charge in [-0.1, -0.05) is 88.9 Å². The van der Waals surface area contributed by atoms with Crippen molar-refractivity contribution in [3.63, 3.8) is 0 Å². The van der Waals surface area contributed by atoms with Gasteiger partial charge in [-0.05, 0) is 76.5 Å². The highest BCUT2D eigenvalue weighted by Gasteiger charge is 2.25. The van der Waals surface area contributed by atoms with E-state index in [1.807, 2.05) is 11.8 Å². The summed E-state index contributed by atoms with van der Waals surface area (Å²) in [7, 11) is 0. The van der Waals surface area contributed by atoms with Crippen molar-refractivity contribution in [2.45, 2.75) is 152 Å². The van der Waals surface area contributed by atoms with Crippen molar-refractivity contribution in [3.8, 4) is 23.7 Å². The Balaban J connectivity index is 1.26. The molecule has 1 aliphatic heterocycles. The zero-order valence-corrected chi connectivity index (χ0v) is 23.2. The molecule has 2 atom stereocenters. The van der Waals surface area contributed by atoms with E-state index in [2.05, 4.69) is 37.5 Å². The standard InChI is InChI=1S/C32H52OS/c1-3-5-7-8-10-26-33-30-20-16-29(17-21-30)19-23-32-25-24-31(34-32)22-18-28-14-12-27(13-15-28)11-9-6-4-2/h27-32H,3-17,20-21,24-26H2,1-2H3. The predicted molar refractivity (Wildman–Crippen MR) is 150 cm³/mol. The van der Waals surface area contributed by atoms with Crippen LogP contribution in [0.25, 0.3) is 0 Å². The largest absolute Gasteiger partial charge is 0.378 e. The number of hydrogen-bond acceptors (Lipinski definition) is 2. The Morgan fingerprint density at radius 3 is 1.76 bits per heavy atom. The van der Waals surface area contributed by atoms with Gasteiger partial charge in [0.25, 0.3) is 0 Å². The summed E-state index contributed by atoms with van der Waals surface area (Å²) in [5.74, 6) is 16.9. The van der Waals surface area contributed by atoms with E-state index in [4.69, 9.17) is 4.74 Å². The summed E-state index contributed by atoms with van der Waals surface area (Å²) >= 11 is 2.05. The minimum Gasteiger partial charge on any atom is -0.378 e. The van der Waals surface area contributed by atoms with E-state index in [1.54, 1.807) is 0 Å². The molecule has 3 fully saturated rings. The predicted octanol–water partition coefficient (Wildman–Crippen LogP) is 9.19. The molecule has 2 saturated carbocycles. The fourth-order valence-electron chi connectivity index (χ4n) is 5.88. The minimum atomic E-state index is 0.496. The summed E-state index contributed by atoms with van der Waals surface area (Å²) in [4.78, 5) is 0. The van der Waals surface area contributed by atoms with Crippen LogP contribution in [0.15, 0.2) is 0 Å². The van der Waals surface area contributed by atoms with Crippen molar-refractivity contribution in [3.05, 3.63) is 0 Å². The maximum Gasteiger partial charge on any atom is 0.0670 e. The highest BCUT2D eigenvalue weighted by molar-refractivity contribution is 8.01. The highest BCUT2D eigenvalue weighted by atomic mass is 32.2. The number of rotatable bonds is 11. The fraction of sp³-hybridized carbons (Fsp3) is 0.875. The molecule has 0 radical (unpaired) electrons. The van der Waals surface area contributed by atoms with Crippen LogP contribution in [0.2, 0.25) is 0 Å². The lowest BCUT2D eigenvalue weighted by molar-refractivity contribution is 0.0209. The van der Waals surface area contributed by atoms with Crippen LogP contribution in [0.1, 0.15) is 136 Å². The van der Waals surface area contributed by atoms with Gasteiger partial charge in [0.05, 0.1) is 16.6 Å². The monoisotopic (exact) mass is 484 g/mol. The van der Waals surface area contributed by atoms with Gasteiger partial charge in [0.1, 0.15) is 0 Å². The third-order valence-corrected chi connectivity index (χ3v) is 9.62. The van der Waals surface area contributed by atoms with Crippen molar-refractivity contribution < 1.29 is 4.74 Å². The maximum atomic E-state index is 6.14. The molecule has 3 rings (SSSR count). The Hall–Kier alpha value is -0.570. The summed E-state index contributed by atoms with van der Waals surface area (Å²) in [6.45, 7) is 5.55. The van der Waals surface area contributed by atoms with Gasteiger partial charge in [-0.15, -0.1) is 11.8 Å². The third-order valence-electron chi connectivity index (χ3n) is 8.25. The van der Waals surface area contributed by atoms with Gasteiger partial charge < -0.3 is 4.74 Å². The van der Waals surface area contributed by atoms with Crippen LogP contribution in [-0.2, 0) is 4.74 Å². The van der Waals surface area contributed by atoms with Crippen LogP contribution in [0, 0.1) is 41.4 Å². The second-order valence-corrected chi connectivity index (χ2v) is 12.7. The number of ether oxygens (including phenoxy) is 1. The van der Waals surface area contributed by atoms with Crippen LogP contribution in [0.3, 0.4) is 0 Å². The molecule has 0 aromatic rings. The molecule has 2 heteroatoms. The van der Waals surface area contributed by atoms with Crippen molar-refractivity contribution in [1.82, 2.24) is 0 Å². The van der Waals surface area contributed by atoms with Crippen LogP contribution >= 0.6 is 11.8 Å². The van der Waals surface area contributed by atoms with Crippen LogP contribution in [-0.4, -0.2) is 23.2 Å². The molecule has 0 amide bonds. The van der Waals surface area contributed by atoms with Gasteiger partial charge in [-0.25, -0.2) is 0 Å². The number of hydrogen-bond donors (Lipinski definition) is 0. The van der Waals surface area contributed by atoms with E-state index in [0.29, 0.717) is 28.4 Å². The lowest BCUT2D eigenvalue weighted by atomic mass is 9.80. The molecule has 192 valence electrons. The summed E-state index contributed by atoms with van der Waals surface area (Å²) < 4.78 is 6.14. The molecule has 0 spiro atoms. The molecule has 3 aliphatic rings. The van der Waals surface area contributed by atoms with E-state index in [1.165, 1.54) is 122 Å². The Kier molecular flexibility index (Phi) is 14.0. The highest BCUT2D eigenvalue weighted by Crippen LogP contribution is 2.35. The van der Waals surface area contributed by atoms with E-state index in [-0.39, 0.29) is 0 Å². The molecular formula is C32H52OS. The summed E-state index contributed by atoms with van der Waals surface area (Å²) in [5, 5.41) is 1.05. The minimum absolute atomic E-state index is 0.496. The zero-order valence-electron chi connectivity index (χ0n) is 22.4. The average Bonchev–Trinajstić information content (AvgIpc) is 3.33. The molecule has 34 heavy (non-hydrogen) atoms. The van der Waals surface area contributed by atoms with Crippen molar-refractivity contribution in [1.29, 1.82) is 0 Å². The lowest BCUT2D eigenvalue weighted by Crippen LogP contribution is -2.21. The molecule has 2 unspecified atom stereocenters. The summed E-state index contributed by atoms with van der Waals surface area (Å²) in [6, 6.07) is 0. The van der Waals surface area contributed by atoms with E-state index in [0.717, 1.165) is 12.5 Å². The lowest BCUT2D eigenvalue weighted by Gasteiger charge is -2.26. The molecule has 0 N–H and O–H groups in total. The molecule has 1 saturated heterocycles.